The van der Waals surface area contributed by atoms with Crippen LogP contribution in [-0.2, 0) is 0 Å². The van der Waals surface area contributed by atoms with Gasteiger partial charge in [-0.05, 0) is 54.7 Å². The van der Waals surface area contributed by atoms with E-state index in [1.807, 2.05) is 42.2 Å². The van der Waals surface area contributed by atoms with Crippen LogP contribution in [0.25, 0.3) is 6.08 Å². The summed E-state index contributed by atoms with van der Waals surface area (Å²) in [5.41, 5.74) is 4.10. The van der Waals surface area contributed by atoms with Crippen LogP contribution in [0.15, 0.2) is 66.6 Å². The molecule has 1 aromatic carbocycles. The Morgan fingerprint density at radius 3 is 2.84 bits per heavy atom. The molecule has 1 unspecified atom stereocenters. The molecule has 164 valence electrons. The third-order valence-corrected chi connectivity index (χ3v) is 5.57. The molecular formula is C25H25ClN4O2. The number of urea groups is 1. The van der Waals surface area contributed by atoms with Gasteiger partial charge in [-0.15, -0.1) is 0 Å². The first-order chi connectivity index (χ1) is 15.5. The second kappa shape index (κ2) is 9.83. The monoisotopic (exact) mass is 448 g/mol. The van der Waals surface area contributed by atoms with E-state index < -0.39 is 0 Å². The topological polar surface area (TPSA) is 67.4 Å². The molecule has 3 aromatic rings. The van der Waals surface area contributed by atoms with E-state index in [4.69, 9.17) is 16.3 Å². The molecule has 3 heterocycles. The molecule has 0 spiro atoms. The number of hydrogen-bond donors (Lipinski definition) is 1. The number of carbonyl (C=O) groups is 1. The Labute approximate surface area is 192 Å². The Morgan fingerprint density at radius 2 is 2.09 bits per heavy atom. The van der Waals surface area contributed by atoms with Crippen LogP contribution in [0, 0.1) is 12.8 Å². The standard InChI is InChI=1S/C25H25ClN4O2/c1-17-10-22(15-27-13-17)29-25(31)30-9-8-20(18(2)16-30)11-19-4-3-5-23(12-19)32-24-7-6-21(26)14-28-24/h3-7,10-15,18H,8-9,16H2,1-2H3,(H,29,31)/b20-11+. The zero-order valence-corrected chi connectivity index (χ0v) is 18.8. The zero-order valence-electron chi connectivity index (χ0n) is 18.1. The average molecular weight is 449 g/mol. The fraction of sp³-hybridized carbons (Fsp3) is 0.240. The highest BCUT2D eigenvalue weighted by atomic mass is 35.5. The van der Waals surface area contributed by atoms with E-state index in [0.29, 0.717) is 29.7 Å². The molecule has 0 bridgehead atoms. The molecule has 0 saturated carbocycles. The summed E-state index contributed by atoms with van der Waals surface area (Å²) in [7, 11) is 0. The normalized spacial score (nSPS) is 17.3. The quantitative estimate of drug-likeness (QED) is 0.516. The van der Waals surface area contributed by atoms with Crippen LogP contribution in [0.5, 0.6) is 11.6 Å². The number of nitrogens with zero attached hydrogens (tertiary/aromatic N) is 3. The summed E-state index contributed by atoms with van der Waals surface area (Å²) in [4.78, 5) is 22.8. The first-order valence-electron chi connectivity index (χ1n) is 10.5. The maximum absolute atomic E-state index is 12.7. The molecule has 1 aliphatic rings. The van der Waals surface area contributed by atoms with Gasteiger partial charge in [0.2, 0.25) is 5.88 Å². The molecule has 2 aromatic heterocycles. The van der Waals surface area contributed by atoms with Crippen molar-refractivity contribution in [3.63, 3.8) is 0 Å². The molecule has 0 aliphatic carbocycles. The van der Waals surface area contributed by atoms with Crippen molar-refractivity contribution in [2.75, 3.05) is 18.4 Å². The molecule has 0 radical (unpaired) electrons. The van der Waals surface area contributed by atoms with Gasteiger partial charge < -0.3 is 15.0 Å². The lowest BCUT2D eigenvalue weighted by Crippen LogP contribution is -2.42. The van der Waals surface area contributed by atoms with Gasteiger partial charge in [0.25, 0.3) is 0 Å². The smallest absolute Gasteiger partial charge is 0.321 e. The predicted octanol–water partition coefficient (Wildman–Crippen LogP) is 6.19. The average Bonchev–Trinajstić information content (AvgIpc) is 2.77. The minimum Gasteiger partial charge on any atom is -0.439 e. The van der Waals surface area contributed by atoms with Crippen molar-refractivity contribution in [3.8, 4) is 11.6 Å². The highest BCUT2D eigenvalue weighted by molar-refractivity contribution is 6.30. The number of ether oxygens (including phenoxy) is 1. The Morgan fingerprint density at radius 1 is 1.22 bits per heavy atom. The molecule has 7 heteroatoms. The number of aromatic nitrogens is 2. The van der Waals surface area contributed by atoms with E-state index in [0.717, 1.165) is 23.2 Å². The maximum Gasteiger partial charge on any atom is 0.321 e. The minimum atomic E-state index is -0.0887. The van der Waals surface area contributed by atoms with Gasteiger partial charge in [0.15, 0.2) is 0 Å². The van der Waals surface area contributed by atoms with Crippen molar-refractivity contribution in [2.24, 2.45) is 5.92 Å². The molecular weight excluding hydrogens is 424 g/mol. The highest BCUT2D eigenvalue weighted by Crippen LogP contribution is 2.28. The Balaban J connectivity index is 1.39. The summed E-state index contributed by atoms with van der Waals surface area (Å²) < 4.78 is 5.84. The number of pyridine rings is 2. The van der Waals surface area contributed by atoms with Crippen LogP contribution in [-0.4, -0.2) is 34.0 Å². The second-order valence-corrected chi connectivity index (χ2v) is 8.42. The van der Waals surface area contributed by atoms with Gasteiger partial charge in [0.1, 0.15) is 5.75 Å². The van der Waals surface area contributed by atoms with Gasteiger partial charge >= 0.3 is 6.03 Å². The number of aryl methyl sites for hydroxylation is 1. The van der Waals surface area contributed by atoms with Crippen LogP contribution in [0.4, 0.5) is 10.5 Å². The first-order valence-corrected chi connectivity index (χ1v) is 10.9. The molecule has 1 aliphatic heterocycles. The third-order valence-electron chi connectivity index (χ3n) is 5.34. The highest BCUT2D eigenvalue weighted by Gasteiger charge is 2.24. The number of piperidine rings is 1. The zero-order chi connectivity index (χ0) is 22.5. The lowest BCUT2D eigenvalue weighted by Gasteiger charge is -2.33. The van der Waals surface area contributed by atoms with Gasteiger partial charge in [-0.25, -0.2) is 9.78 Å². The van der Waals surface area contributed by atoms with Gasteiger partial charge in [-0.1, -0.05) is 42.3 Å². The molecule has 1 saturated heterocycles. The summed E-state index contributed by atoms with van der Waals surface area (Å²) in [6, 6.07) is 13.2. The Bertz CT molecular complexity index is 1130. The fourth-order valence-electron chi connectivity index (χ4n) is 3.70. The van der Waals surface area contributed by atoms with Crippen molar-refractivity contribution >= 4 is 29.4 Å². The summed E-state index contributed by atoms with van der Waals surface area (Å²) in [5.74, 6) is 1.47. The van der Waals surface area contributed by atoms with E-state index in [-0.39, 0.29) is 11.9 Å². The molecule has 2 amide bonds. The van der Waals surface area contributed by atoms with Crippen molar-refractivity contribution in [2.45, 2.75) is 20.3 Å². The Hall–Kier alpha value is -3.38. The van der Waals surface area contributed by atoms with Crippen LogP contribution < -0.4 is 10.1 Å². The number of amides is 2. The van der Waals surface area contributed by atoms with Crippen LogP contribution in [0.1, 0.15) is 24.5 Å². The van der Waals surface area contributed by atoms with Crippen molar-refractivity contribution in [1.82, 2.24) is 14.9 Å². The number of halogens is 1. The van der Waals surface area contributed by atoms with Crippen molar-refractivity contribution in [3.05, 3.63) is 82.8 Å². The van der Waals surface area contributed by atoms with Gasteiger partial charge in [-0.2, -0.15) is 0 Å². The number of nitrogens with one attached hydrogen (secondary N) is 1. The van der Waals surface area contributed by atoms with Crippen LogP contribution in [0.2, 0.25) is 5.02 Å². The molecule has 1 atom stereocenters. The van der Waals surface area contributed by atoms with Crippen LogP contribution in [0.3, 0.4) is 0 Å². The van der Waals surface area contributed by atoms with E-state index >= 15 is 0 Å². The number of hydrogen-bond acceptors (Lipinski definition) is 4. The largest absolute Gasteiger partial charge is 0.439 e. The van der Waals surface area contributed by atoms with Gasteiger partial charge in [0, 0.05) is 31.5 Å². The summed E-state index contributed by atoms with van der Waals surface area (Å²) >= 11 is 5.88. The van der Waals surface area contributed by atoms with Crippen molar-refractivity contribution in [1.29, 1.82) is 0 Å². The number of carbonyl (C=O) groups excluding carboxylic acids is 1. The van der Waals surface area contributed by atoms with E-state index in [2.05, 4.69) is 28.3 Å². The molecule has 4 rings (SSSR count). The number of likely N-dealkylation sites (tertiary alicyclic amines) is 1. The first kappa shape index (κ1) is 21.8. The lowest BCUT2D eigenvalue weighted by molar-refractivity contribution is 0.198. The summed E-state index contributed by atoms with van der Waals surface area (Å²) in [6.07, 6.45) is 8.00. The predicted molar refractivity (Wildman–Crippen MR) is 127 cm³/mol. The SMILES string of the molecule is Cc1cncc(NC(=O)N2CC/C(=C\c3cccc(Oc4ccc(Cl)cn4)c3)C(C)C2)c1. The molecule has 1 N–H and O–H groups in total. The van der Waals surface area contributed by atoms with Crippen molar-refractivity contribution < 1.29 is 9.53 Å². The summed E-state index contributed by atoms with van der Waals surface area (Å²) in [5, 5.41) is 3.52. The minimum absolute atomic E-state index is 0.0887. The maximum atomic E-state index is 12.7. The molecule has 1 fully saturated rings. The summed E-state index contributed by atoms with van der Waals surface area (Å²) in [6.45, 7) is 5.44. The lowest BCUT2D eigenvalue weighted by atomic mass is 9.91. The number of anilines is 1. The van der Waals surface area contributed by atoms with E-state index in [1.54, 1.807) is 30.7 Å². The fourth-order valence-corrected chi connectivity index (χ4v) is 3.81. The van der Waals surface area contributed by atoms with Gasteiger partial charge in [0.05, 0.1) is 16.9 Å². The molecule has 6 nitrogen and oxygen atoms in total. The molecule has 32 heavy (non-hydrogen) atoms. The van der Waals surface area contributed by atoms with E-state index in [1.165, 1.54) is 5.57 Å². The van der Waals surface area contributed by atoms with E-state index in [9.17, 15) is 4.79 Å². The third kappa shape index (κ3) is 5.65. The van der Waals surface area contributed by atoms with Crippen LogP contribution >= 0.6 is 11.6 Å². The van der Waals surface area contributed by atoms with Gasteiger partial charge in [-0.3, -0.25) is 4.98 Å². The Kier molecular flexibility index (Phi) is 6.71. The number of rotatable bonds is 4. The number of benzene rings is 1. The second-order valence-electron chi connectivity index (χ2n) is 7.99.